The summed E-state index contributed by atoms with van der Waals surface area (Å²) in [7, 11) is 0. The molecule has 0 bridgehead atoms. The average molecular weight is 278 g/mol. The molecule has 0 saturated carbocycles. The third kappa shape index (κ3) is 3.27. The molecule has 0 aliphatic heterocycles. The molecule has 5 heteroatoms. The van der Waals surface area contributed by atoms with Crippen molar-refractivity contribution in [3.8, 4) is 0 Å². The Morgan fingerprint density at radius 2 is 2.20 bits per heavy atom. The van der Waals surface area contributed by atoms with Gasteiger partial charge >= 0.3 is 0 Å². The van der Waals surface area contributed by atoms with E-state index < -0.39 is 11.6 Å². The molecule has 82 valence electrons. The average Bonchev–Trinajstić information content (AvgIpc) is 2.20. The van der Waals surface area contributed by atoms with E-state index in [0.29, 0.717) is 6.42 Å². The van der Waals surface area contributed by atoms with E-state index in [0.717, 1.165) is 12.1 Å². The summed E-state index contributed by atoms with van der Waals surface area (Å²) in [5.74, 6) is -1.79. The van der Waals surface area contributed by atoms with E-state index in [9.17, 15) is 13.6 Å². The molecule has 15 heavy (non-hydrogen) atoms. The van der Waals surface area contributed by atoms with E-state index in [2.05, 4.69) is 21.2 Å². The number of nitrogens with one attached hydrogen (secondary N) is 1. The minimum Gasteiger partial charge on any atom is -0.323 e. The van der Waals surface area contributed by atoms with Gasteiger partial charge < -0.3 is 5.32 Å². The van der Waals surface area contributed by atoms with Crippen molar-refractivity contribution in [2.75, 3.05) is 5.32 Å². The van der Waals surface area contributed by atoms with Gasteiger partial charge in [0.2, 0.25) is 5.91 Å². The lowest BCUT2D eigenvalue weighted by molar-refractivity contribution is -0.115. The van der Waals surface area contributed by atoms with Crippen LogP contribution in [0, 0.1) is 11.6 Å². The minimum atomic E-state index is -0.779. The maximum absolute atomic E-state index is 13.1. The molecule has 2 nitrogen and oxygen atoms in total. The molecule has 0 aliphatic carbocycles. The van der Waals surface area contributed by atoms with Crippen LogP contribution >= 0.6 is 15.9 Å². The molecular formula is C10H10BrF2NO. The van der Waals surface area contributed by atoms with E-state index in [1.807, 2.05) is 6.92 Å². The van der Waals surface area contributed by atoms with Crippen LogP contribution in [-0.4, -0.2) is 10.7 Å². The maximum Gasteiger partial charge on any atom is 0.238 e. The molecule has 0 aromatic heterocycles. The summed E-state index contributed by atoms with van der Waals surface area (Å²) < 4.78 is 25.7. The largest absolute Gasteiger partial charge is 0.323 e. The fourth-order valence-electron chi connectivity index (χ4n) is 0.987. The Morgan fingerprint density at radius 1 is 1.53 bits per heavy atom. The van der Waals surface area contributed by atoms with Gasteiger partial charge in [-0.15, -0.1) is 0 Å². The summed E-state index contributed by atoms with van der Waals surface area (Å²) in [6.45, 7) is 1.82. The van der Waals surface area contributed by atoms with Crippen LogP contribution in [0.5, 0.6) is 0 Å². The number of anilines is 1. The number of halogens is 3. The number of amides is 1. The van der Waals surface area contributed by atoms with Crippen LogP contribution in [0.2, 0.25) is 0 Å². The van der Waals surface area contributed by atoms with Crippen molar-refractivity contribution >= 4 is 27.5 Å². The van der Waals surface area contributed by atoms with Gasteiger partial charge in [-0.2, -0.15) is 0 Å². The van der Waals surface area contributed by atoms with Gasteiger partial charge in [0.15, 0.2) is 0 Å². The van der Waals surface area contributed by atoms with Crippen LogP contribution in [0.1, 0.15) is 13.3 Å². The van der Waals surface area contributed by atoms with Crippen molar-refractivity contribution in [2.45, 2.75) is 18.2 Å². The first-order valence-corrected chi connectivity index (χ1v) is 5.36. The van der Waals surface area contributed by atoms with Crippen molar-refractivity contribution in [1.82, 2.24) is 0 Å². The normalized spacial score (nSPS) is 12.3. The number of carbonyl (C=O) groups is 1. The SMILES string of the molecule is CC[C@H](Br)C(=O)Nc1ccc(F)cc1F. The summed E-state index contributed by atoms with van der Waals surface area (Å²) in [4.78, 5) is 11.0. The Kier molecular flexibility index (Phi) is 4.20. The lowest BCUT2D eigenvalue weighted by Gasteiger charge is -2.09. The molecule has 1 aromatic rings. The van der Waals surface area contributed by atoms with Gasteiger partial charge in [-0.3, -0.25) is 4.79 Å². The molecule has 0 radical (unpaired) electrons. The van der Waals surface area contributed by atoms with Gasteiger partial charge in [0, 0.05) is 6.07 Å². The van der Waals surface area contributed by atoms with E-state index >= 15 is 0 Å². The number of carbonyl (C=O) groups excluding carboxylic acids is 1. The molecule has 0 aliphatic rings. The van der Waals surface area contributed by atoms with E-state index in [-0.39, 0.29) is 16.4 Å². The Balaban J connectivity index is 2.77. The fourth-order valence-corrected chi connectivity index (χ4v) is 1.10. The van der Waals surface area contributed by atoms with Crippen LogP contribution in [-0.2, 0) is 4.79 Å². The van der Waals surface area contributed by atoms with Gasteiger partial charge in [-0.25, -0.2) is 8.78 Å². The quantitative estimate of drug-likeness (QED) is 0.846. The van der Waals surface area contributed by atoms with Crippen LogP contribution < -0.4 is 5.32 Å². The number of rotatable bonds is 3. The molecule has 0 unspecified atom stereocenters. The molecule has 0 fully saturated rings. The Morgan fingerprint density at radius 3 is 2.73 bits per heavy atom. The van der Waals surface area contributed by atoms with Gasteiger partial charge in [0.1, 0.15) is 11.6 Å². The molecular weight excluding hydrogens is 268 g/mol. The highest BCUT2D eigenvalue weighted by molar-refractivity contribution is 9.10. The fraction of sp³-hybridized carbons (Fsp3) is 0.300. The highest BCUT2D eigenvalue weighted by Gasteiger charge is 2.14. The molecule has 1 N–H and O–H groups in total. The summed E-state index contributed by atoms with van der Waals surface area (Å²) >= 11 is 3.13. The molecule has 0 spiro atoms. The summed E-state index contributed by atoms with van der Waals surface area (Å²) in [5.41, 5.74) is -0.0145. The first-order chi connectivity index (χ1) is 7.04. The smallest absolute Gasteiger partial charge is 0.238 e. The minimum absolute atomic E-state index is 0.0145. The Hall–Kier alpha value is -0.970. The summed E-state index contributed by atoms with van der Waals surface area (Å²) in [6.07, 6.45) is 0.592. The zero-order valence-electron chi connectivity index (χ0n) is 8.06. The zero-order valence-corrected chi connectivity index (χ0v) is 9.64. The predicted molar refractivity (Wildman–Crippen MR) is 58.0 cm³/mol. The first-order valence-electron chi connectivity index (χ1n) is 4.44. The van der Waals surface area contributed by atoms with Crippen LogP contribution in [0.3, 0.4) is 0 Å². The monoisotopic (exact) mass is 277 g/mol. The predicted octanol–water partition coefficient (Wildman–Crippen LogP) is 3.08. The van der Waals surface area contributed by atoms with Gasteiger partial charge in [0.05, 0.1) is 10.5 Å². The summed E-state index contributed by atoms with van der Waals surface area (Å²) in [5, 5.41) is 2.36. The standard InChI is InChI=1S/C10H10BrF2NO/c1-2-7(11)10(15)14-9-4-3-6(12)5-8(9)13/h3-5,7H,2H2,1H3,(H,14,15)/t7-/m0/s1. The molecule has 0 heterocycles. The van der Waals surface area contributed by atoms with Gasteiger partial charge in [-0.05, 0) is 18.6 Å². The lowest BCUT2D eigenvalue weighted by atomic mass is 10.2. The second-order valence-electron chi connectivity index (χ2n) is 2.99. The topological polar surface area (TPSA) is 29.1 Å². The highest BCUT2D eigenvalue weighted by atomic mass is 79.9. The molecule has 1 amide bonds. The number of benzene rings is 1. The molecule has 1 aromatic carbocycles. The molecule has 1 rings (SSSR count). The third-order valence-electron chi connectivity index (χ3n) is 1.83. The zero-order chi connectivity index (χ0) is 11.4. The van der Waals surface area contributed by atoms with Crippen molar-refractivity contribution in [1.29, 1.82) is 0 Å². The Bertz CT molecular complexity index is 370. The number of alkyl halides is 1. The van der Waals surface area contributed by atoms with Crippen LogP contribution in [0.15, 0.2) is 18.2 Å². The molecule has 0 saturated heterocycles. The number of hydrogen-bond acceptors (Lipinski definition) is 1. The second kappa shape index (κ2) is 5.21. The second-order valence-corrected chi connectivity index (χ2v) is 4.09. The van der Waals surface area contributed by atoms with Crippen molar-refractivity contribution in [3.63, 3.8) is 0 Å². The first kappa shape index (κ1) is 12.1. The summed E-state index contributed by atoms with van der Waals surface area (Å²) in [6, 6.07) is 3.01. The van der Waals surface area contributed by atoms with Gasteiger partial charge in [-0.1, -0.05) is 22.9 Å². The van der Waals surface area contributed by atoms with Crippen molar-refractivity contribution in [2.24, 2.45) is 0 Å². The number of hydrogen-bond donors (Lipinski definition) is 1. The van der Waals surface area contributed by atoms with Crippen molar-refractivity contribution < 1.29 is 13.6 Å². The molecule has 1 atom stereocenters. The van der Waals surface area contributed by atoms with Crippen molar-refractivity contribution in [3.05, 3.63) is 29.8 Å². The van der Waals surface area contributed by atoms with Crippen LogP contribution in [0.4, 0.5) is 14.5 Å². The third-order valence-corrected chi connectivity index (χ3v) is 2.90. The lowest BCUT2D eigenvalue weighted by Crippen LogP contribution is -2.22. The van der Waals surface area contributed by atoms with E-state index in [1.54, 1.807) is 0 Å². The van der Waals surface area contributed by atoms with E-state index in [4.69, 9.17) is 0 Å². The van der Waals surface area contributed by atoms with Crippen LogP contribution in [0.25, 0.3) is 0 Å². The Labute approximate surface area is 94.8 Å². The highest BCUT2D eigenvalue weighted by Crippen LogP contribution is 2.16. The van der Waals surface area contributed by atoms with E-state index in [1.165, 1.54) is 6.07 Å². The van der Waals surface area contributed by atoms with Gasteiger partial charge in [0.25, 0.3) is 0 Å². The maximum atomic E-state index is 13.1.